The summed E-state index contributed by atoms with van der Waals surface area (Å²) in [4.78, 5) is 13.5. The van der Waals surface area contributed by atoms with E-state index in [2.05, 4.69) is 33.9 Å². The second-order valence-corrected chi connectivity index (χ2v) is 12.0. The fourth-order valence-electron chi connectivity index (χ4n) is 1.41. The van der Waals surface area contributed by atoms with Gasteiger partial charge in [-0.3, -0.25) is 4.79 Å². The largest absolute Gasteiger partial charge is 0.415 e. The van der Waals surface area contributed by atoms with E-state index in [9.17, 15) is 4.79 Å². The van der Waals surface area contributed by atoms with Gasteiger partial charge in [-0.1, -0.05) is 20.8 Å². The van der Waals surface area contributed by atoms with Gasteiger partial charge < -0.3 is 9.33 Å². The van der Waals surface area contributed by atoms with Crippen LogP contribution in [0.3, 0.4) is 0 Å². The van der Waals surface area contributed by atoms with Crippen molar-refractivity contribution in [2.24, 2.45) is 0 Å². The molecule has 0 atom stereocenters. The van der Waals surface area contributed by atoms with Gasteiger partial charge >= 0.3 is 0 Å². The van der Waals surface area contributed by atoms with Crippen LogP contribution in [0.5, 0.6) is 0 Å². The third-order valence-electron chi connectivity index (χ3n) is 3.71. The number of hydrogen-bond donors (Lipinski definition) is 0. The highest BCUT2D eigenvalue weighted by atomic mass is 32.2. The van der Waals surface area contributed by atoms with Gasteiger partial charge in [0.25, 0.3) is 0 Å². The molecule has 1 saturated heterocycles. The summed E-state index contributed by atoms with van der Waals surface area (Å²) in [5.41, 5.74) is 0. The molecule has 1 fully saturated rings. The van der Waals surface area contributed by atoms with E-state index in [1.54, 1.807) is 11.8 Å². The van der Waals surface area contributed by atoms with Gasteiger partial charge in [-0.2, -0.15) is 11.8 Å². The van der Waals surface area contributed by atoms with Crippen molar-refractivity contribution in [1.29, 1.82) is 0 Å². The molecule has 1 rings (SSSR count). The van der Waals surface area contributed by atoms with Crippen molar-refractivity contribution in [1.82, 2.24) is 4.90 Å². The lowest BCUT2D eigenvalue weighted by Crippen LogP contribution is -2.45. The summed E-state index contributed by atoms with van der Waals surface area (Å²) in [6.45, 7) is 13.5. The van der Waals surface area contributed by atoms with E-state index < -0.39 is 8.32 Å². The van der Waals surface area contributed by atoms with Crippen molar-refractivity contribution >= 4 is 26.0 Å². The summed E-state index contributed by atoms with van der Waals surface area (Å²) in [5, 5.41) is 0.245. The van der Waals surface area contributed by atoms with E-state index in [1.807, 2.05) is 4.90 Å². The lowest BCUT2D eigenvalue weighted by Gasteiger charge is -2.37. The van der Waals surface area contributed by atoms with Crippen LogP contribution >= 0.6 is 11.8 Å². The Morgan fingerprint density at radius 1 is 1.41 bits per heavy atom. The number of carbonyl (C=O) groups excluding carboxylic acids is 1. The second-order valence-electron chi connectivity index (χ2n) is 6.04. The number of hydrogen-bond acceptors (Lipinski definition) is 3. The highest BCUT2D eigenvalue weighted by Crippen LogP contribution is 2.36. The Bertz CT molecular complexity index is 276. The number of rotatable bonds is 4. The highest BCUT2D eigenvalue weighted by Gasteiger charge is 2.37. The standard InChI is InChI=1S/C12H25NO2SSi/c1-12(2,3)17(4,5)15-8-6-13-7-9-16-10-11(13)14/h6-10H2,1-5H3. The van der Waals surface area contributed by atoms with Crippen LogP contribution in [0.25, 0.3) is 0 Å². The zero-order valence-electron chi connectivity index (χ0n) is 11.7. The number of thioether (sulfide) groups is 1. The second kappa shape index (κ2) is 5.76. The van der Waals surface area contributed by atoms with E-state index >= 15 is 0 Å². The number of nitrogens with zero attached hydrogens (tertiary/aromatic N) is 1. The van der Waals surface area contributed by atoms with E-state index in [0.29, 0.717) is 12.4 Å². The Kier molecular flexibility index (Phi) is 5.10. The van der Waals surface area contributed by atoms with Crippen molar-refractivity contribution in [2.75, 3.05) is 31.2 Å². The zero-order chi connectivity index (χ0) is 13.1. The third kappa shape index (κ3) is 4.30. The molecule has 5 heteroatoms. The third-order valence-corrected chi connectivity index (χ3v) is 9.17. The van der Waals surface area contributed by atoms with Gasteiger partial charge in [0.05, 0.1) is 12.4 Å². The molecule has 0 unspecified atom stereocenters. The molecule has 0 aliphatic carbocycles. The summed E-state index contributed by atoms with van der Waals surface area (Å²) in [6, 6.07) is 0. The van der Waals surface area contributed by atoms with Crippen LogP contribution in [-0.4, -0.2) is 50.3 Å². The zero-order valence-corrected chi connectivity index (χ0v) is 13.5. The Labute approximate surface area is 110 Å². The quantitative estimate of drug-likeness (QED) is 0.739. The van der Waals surface area contributed by atoms with Gasteiger partial charge in [0, 0.05) is 18.8 Å². The summed E-state index contributed by atoms with van der Waals surface area (Å²) in [5.74, 6) is 1.96. The van der Waals surface area contributed by atoms with Crippen LogP contribution in [0.4, 0.5) is 0 Å². The molecule has 0 N–H and O–H groups in total. The van der Waals surface area contributed by atoms with Crippen molar-refractivity contribution in [3.05, 3.63) is 0 Å². The van der Waals surface area contributed by atoms with Crippen molar-refractivity contribution in [2.45, 2.75) is 38.9 Å². The minimum Gasteiger partial charge on any atom is -0.415 e. The Hall–Kier alpha value is -0.00312. The molecule has 0 radical (unpaired) electrons. The van der Waals surface area contributed by atoms with E-state index in [4.69, 9.17) is 4.43 Å². The summed E-state index contributed by atoms with van der Waals surface area (Å²) in [7, 11) is -1.65. The van der Waals surface area contributed by atoms with E-state index in [-0.39, 0.29) is 10.9 Å². The Balaban J connectivity index is 2.34. The topological polar surface area (TPSA) is 29.5 Å². The lowest BCUT2D eigenvalue weighted by molar-refractivity contribution is -0.128. The molecule has 1 heterocycles. The molecule has 0 spiro atoms. The summed E-state index contributed by atoms with van der Waals surface area (Å²) in [6.07, 6.45) is 0. The molecule has 1 aliphatic rings. The Morgan fingerprint density at radius 2 is 2.06 bits per heavy atom. The van der Waals surface area contributed by atoms with Gasteiger partial charge in [-0.05, 0) is 18.1 Å². The van der Waals surface area contributed by atoms with Gasteiger partial charge in [0.1, 0.15) is 0 Å². The molecular formula is C12H25NO2SSi. The number of carbonyl (C=O) groups is 1. The summed E-state index contributed by atoms with van der Waals surface area (Å²) >= 11 is 1.73. The maximum absolute atomic E-state index is 11.6. The smallest absolute Gasteiger partial charge is 0.232 e. The van der Waals surface area contributed by atoms with Gasteiger partial charge in [-0.15, -0.1) is 0 Å². The predicted molar refractivity (Wildman–Crippen MR) is 77.1 cm³/mol. The first-order chi connectivity index (χ1) is 7.74. The number of amides is 1. The minimum absolute atomic E-state index is 0.245. The average molecular weight is 275 g/mol. The first kappa shape index (κ1) is 15.1. The molecule has 100 valence electrons. The lowest BCUT2D eigenvalue weighted by atomic mass is 10.2. The normalized spacial score (nSPS) is 18.6. The average Bonchev–Trinajstić information content (AvgIpc) is 2.19. The molecule has 0 aromatic rings. The van der Waals surface area contributed by atoms with Gasteiger partial charge in [-0.25, -0.2) is 0 Å². The molecule has 3 nitrogen and oxygen atoms in total. The minimum atomic E-state index is -1.65. The molecule has 0 saturated carbocycles. The van der Waals surface area contributed by atoms with Crippen LogP contribution in [0, 0.1) is 0 Å². The van der Waals surface area contributed by atoms with Crippen LogP contribution < -0.4 is 0 Å². The molecule has 1 aliphatic heterocycles. The fourth-order valence-corrected chi connectivity index (χ4v) is 3.30. The van der Waals surface area contributed by atoms with Crippen LogP contribution in [0.1, 0.15) is 20.8 Å². The van der Waals surface area contributed by atoms with Crippen molar-refractivity contribution < 1.29 is 9.22 Å². The molecule has 0 aromatic carbocycles. The molecular weight excluding hydrogens is 250 g/mol. The van der Waals surface area contributed by atoms with Crippen molar-refractivity contribution in [3.8, 4) is 0 Å². The first-order valence-electron chi connectivity index (χ1n) is 6.23. The molecule has 17 heavy (non-hydrogen) atoms. The molecule has 0 aromatic heterocycles. The van der Waals surface area contributed by atoms with Crippen molar-refractivity contribution in [3.63, 3.8) is 0 Å². The van der Waals surface area contributed by atoms with Crippen LogP contribution in [0.15, 0.2) is 0 Å². The van der Waals surface area contributed by atoms with E-state index in [0.717, 1.165) is 18.8 Å². The maximum Gasteiger partial charge on any atom is 0.232 e. The van der Waals surface area contributed by atoms with E-state index in [1.165, 1.54) is 0 Å². The Morgan fingerprint density at radius 3 is 2.59 bits per heavy atom. The highest BCUT2D eigenvalue weighted by molar-refractivity contribution is 8.00. The van der Waals surface area contributed by atoms with Gasteiger partial charge in [0.2, 0.25) is 5.91 Å². The predicted octanol–water partition coefficient (Wildman–Crippen LogP) is 2.58. The molecule has 1 amide bonds. The van der Waals surface area contributed by atoms with Gasteiger partial charge in [0.15, 0.2) is 8.32 Å². The fraction of sp³-hybridized carbons (Fsp3) is 0.917. The monoisotopic (exact) mass is 275 g/mol. The molecule has 0 bridgehead atoms. The van der Waals surface area contributed by atoms with Crippen LogP contribution in [0.2, 0.25) is 18.1 Å². The SMILES string of the molecule is CC(C)(C)[Si](C)(C)OCCN1CCSCC1=O. The first-order valence-corrected chi connectivity index (χ1v) is 10.3. The van der Waals surface area contributed by atoms with Crippen LogP contribution in [-0.2, 0) is 9.22 Å². The summed E-state index contributed by atoms with van der Waals surface area (Å²) < 4.78 is 6.08. The maximum atomic E-state index is 11.6.